The van der Waals surface area contributed by atoms with Gasteiger partial charge in [-0.15, -0.1) is 11.8 Å². The molecular weight excluding hydrogens is 344 g/mol. The maximum Gasteiger partial charge on any atom is 0.309 e. The predicted octanol–water partition coefficient (Wildman–Crippen LogP) is 4.06. The van der Waals surface area contributed by atoms with Crippen molar-refractivity contribution in [1.82, 2.24) is 9.97 Å². The maximum absolute atomic E-state index is 10.7. The molecule has 0 bridgehead atoms. The Hall–Kier alpha value is -2.32. The number of benzene rings is 1. The van der Waals surface area contributed by atoms with Crippen molar-refractivity contribution >= 4 is 17.7 Å². The zero-order valence-electron chi connectivity index (χ0n) is 15.5. The van der Waals surface area contributed by atoms with Crippen molar-refractivity contribution in [2.45, 2.75) is 55.6 Å². The van der Waals surface area contributed by atoms with Crippen LogP contribution >= 0.6 is 11.8 Å². The fraction of sp³-hybridized carbons (Fsp3) is 0.381. The second-order valence-corrected chi connectivity index (χ2v) is 9.60. The molecule has 0 unspecified atom stereocenters. The van der Waals surface area contributed by atoms with E-state index < -0.39 is 5.97 Å². The Morgan fingerprint density at radius 2 is 1.96 bits per heavy atom. The number of carboxylic acid groups (broad SMARTS) is 1. The standard InChI is InChI=1S/C21H22N2O2S/c1-20(2)13-21(3,4)26-18-8-6-14(9-17(18)20)5-7-15-11-23-16(12-22-15)10-19(24)25/h6,8-9,11-12H,10,13H2,1-4H3,(H,24,25). The van der Waals surface area contributed by atoms with Crippen molar-refractivity contribution in [3.8, 4) is 11.8 Å². The van der Waals surface area contributed by atoms with Crippen LogP contribution < -0.4 is 0 Å². The van der Waals surface area contributed by atoms with E-state index in [1.807, 2.05) is 17.8 Å². The highest BCUT2D eigenvalue weighted by atomic mass is 32.2. The van der Waals surface area contributed by atoms with E-state index in [9.17, 15) is 4.79 Å². The average molecular weight is 366 g/mol. The zero-order valence-corrected chi connectivity index (χ0v) is 16.3. The Morgan fingerprint density at radius 3 is 2.62 bits per heavy atom. The third-order valence-corrected chi connectivity index (χ3v) is 5.61. The van der Waals surface area contributed by atoms with Crippen molar-refractivity contribution in [3.05, 3.63) is 53.1 Å². The van der Waals surface area contributed by atoms with Gasteiger partial charge in [-0.1, -0.05) is 33.6 Å². The summed E-state index contributed by atoms with van der Waals surface area (Å²) in [6.07, 6.45) is 3.97. The van der Waals surface area contributed by atoms with Crippen LogP contribution in [-0.4, -0.2) is 25.8 Å². The SMILES string of the molecule is CC1(C)CC(C)(C)c2cc(C#Cc3cnc(CC(=O)O)cn3)ccc2S1. The molecule has 1 aromatic carbocycles. The summed E-state index contributed by atoms with van der Waals surface area (Å²) in [5.74, 6) is 5.25. The van der Waals surface area contributed by atoms with E-state index >= 15 is 0 Å². The van der Waals surface area contributed by atoms with Gasteiger partial charge in [-0.05, 0) is 41.5 Å². The molecule has 134 valence electrons. The Balaban J connectivity index is 1.85. The highest BCUT2D eigenvalue weighted by Crippen LogP contribution is 2.50. The molecule has 1 aliphatic rings. The molecule has 0 fully saturated rings. The Morgan fingerprint density at radius 1 is 1.19 bits per heavy atom. The summed E-state index contributed by atoms with van der Waals surface area (Å²) in [5, 5.41) is 8.76. The lowest BCUT2D eigenvalue weighted by Crippen LogP contribution is -2.33. The highest BCUT2D eigenvalue weighted by molar-refractivity contribution is 8.00. The molecule has 3 rings (SSSR count). The summed E-state index contributed by atoms with van der Waals surface area (Å²) < 4.78 is 0.233. The number of hydrogen-bond donors (Lipinski definition) is 1. The molecule has 0 radical (unpaired) electrons. The number of fused-ring (bicyclic) bond motifs is 1. The number of carbonyl (C=O) groups is 1. The topological polar surface area (TPSA) is 63.1 Å². The molecule has 5 heteroatoms. The van der Waals surface area contributed by atoms with Crippen molar-refractivity contribution in [2.75, 3.05) is 0 Å². The van der Waals surface area contributed by atoms with Gasteiger partial charge in [0.25, 0.3) is 0 Å². The van der Waals surface area contributed by atoms with Crippen LogP contribution in [0.1, 0.15) is 56.6 Å². The average Bonchev–Trinajstić information content (AvgIpc) is 2.52. The molecule has 0 saturated heterocycles. The third kappa shape index (κ3) is 4.25. The van der Waals surface area contributed by atoms with E-state index in [0.717, 1.165) is 12.0 Å². The summed E-state index contributed by atoms with van der Waals surface area (Å²) in [4.78, 5) is 20.3. The molecule has 0 atom stereocenters. The summed E-state index contributed by atoms with van der Waals surface area (Å²) in [6, 6.07) is 6.38. The zero-order chi connectivity index (χ0) is 18.9. The normalized spacial score (nSPS) is 16.9. The fourth-order valence-corrected chi connectivity index (χ4v) is 5.13. The van der Waals surface area contributed by atoms with Crippen LogP contribution in [0.2, 0.25) is 0 Å². The molecule has 26 heavy (non-hydrogen) atoms. The molecule has 0 amide bonds. The molecule has 2 heterocycles. The minimum atomic E-state index is -0.921. The molecule has 2 aromatic rings. The lowest BCUT2D eigenvalue weighted by molar-refractivity contribution is -0.136. The van der Waals surface area contributed by atoms with Crippen LogP contribution in [0.25, 0.3) is 0 Å². The largest absolute Gasteiger partial charge is 0.481 e. The molecule has 0 spiro atoms. The molecule has 1 aliphatic heterocycles. The minimum absolute atomic E-state index is 0.111. The van der Waals surface area contributed by atoms with E-state index in [1.54, 1.807) is 0 Å². The summed E-state index contributed by atoms with van der Waals surface area (Å²) in [7, 11) is 0. The van der Waals surface area contributed by atoms with Crippen LogP contribution in [-0.2, 0) is 16.6 Å². The monoisotopic (exact) mass is 366 g/mol. The summed E-state index contributed by atoms with van der Waals surface area (Å²) >= 11 is 1.93. The van der Waals surface area contributed by atoms with Crippen LogP contribution in [0, 0.1) is 11.8 Å². The third-order valence-electron chi connectivity index (χ3n) is 4.34. The van der Waals surface area contributed by atoms with Gasteiger partial charge in [0.2, 0.25) is 0 Å². The lowest BCUT2D eigenvalue weighted by atomic mass is 9.76. The number of hydrogen-bond acceptors (Lipinski definition) is 4. The minimum Gasteiger partial charge on any atom is -0.481 e. The number of aromatic nitrogens is 2. The first-order valence-corrected chi connectivity index (χ1v) is 9.35. The Bertz CT molecular complexity index is 906. The number of thioether (sulfide) groups is 1. The highest BCUT2D eigenvalue weighted by Gasteiger charge is 2.37. The van der Waals surface area contributed by atoms with Crippen LogP contribution in [0.4, 0.5) is 0 Å². The Labute approximate surface area is 158 Å². The molecule has 1 N–H and O–H groups in total. The van der Waals surface area contributed by atoms with E-state index in [0.29, 0.717) is 11.4 Å². The number of carboxylic acids is 1. The first-order chi connectivity index (χ1) is 12.1. The van der Waals surface area contributed by atoms with Gasteiger partial charge >= 0.3 is 5.97 Å². The smallest absolute Gasteiger partial charge is 0.309 e. The quantitative estimate of drug-likeness (QED) is 0.812. The van der Waals surface area contributed by atoms with Gasteiger partial charge in [0, 0.05) is 15.2 Å². The van der Waals surface area contributed by atoms with Gasteiger partial charge in [-0.25, -0.2) is 4.98 Å². The summed E-state index contributed by atoms with van der Waals surface area (Å²) in [5.41, 5.74) is 3.37. The van der Waals surface area contributed by atoms with Crippen molar-refractivity contribution in [2.24, 2.45) is 0 Å². The molecule has 4 nitrogen and oxygen atoms in total. The maximum atomic E-state index is 10.7. The number of aliphatic carboxylic acids is 1. The van der Waals surface area contributed by atoms with Crippen LogP contribution in [0.15, 0.2) is 35.5 Å². The summed E-state index contributed by atoms with van der Waals surface area (Å²) in [6.45, 7) is 9.17. The molecule has 1 aromatic heterocycles. The number of nitrogens with zero attached hydrogens (tertiary/aromatic N) is 2. The Kier molecular flexibility index (Phi) is 4.81. The predicted molar refractivity (Wildman–Crippen MR) is 103 cm³/mol. The molecular formula is C21H22N2O2S. The van der Waals surface area contributed by atoms with E-state index in [2.05, 4.69) is 61.6 Å². The molecule has 0 aliphatic carbocycles. The van der Waals surface area contributed by atoms with Gasteiger partial charge in [0.15, 0.2) is 0 Å². The fourth-order valence-electron chi connectivity index (χ4n) is 3.52. The van der Waals surface area contributed by atoms with E-state index in [1.165, 1.54) is 22.9 Å². The van der Waals surface area contributed by atoms with Crippen molar-refractivity contribution in [1.29, 1.82) is 0 Å². The first-order valence-electron chi connectivity index (χ1n) is 8.53. The van der Waals surface area contributed by atoms with Crippen LogP contribution in [0.3, 0.4) is 0 Å². The first kappa shape index (κ1) is 18.5. The van der Waals surface area contributed by atoms with Gasteiger partial charge < -0.3 is 5.11 Å². The van der Waals surface area contributed by atoms with Gasteiger partial charge in [-0.2, -0.15) is 0 Å². The molecule has 0 saturated carbocycles. The van der Waals surface area contributed by atoms with Crippen molar-refractivity contribution < 1.29 is 9.90 Å². The van der Waals surface area contributed by atoms with Crippen LogP contribution in [0.5, 0.6) is 0 Å². The van der Waals surface area contributed by atoms with Gasteiger partial charge in [0.05, 0.1) is 24.5 Å². The van der Waals surface area contributed by atoms with Crippen molar-refractivity contribution in [3.63, 3.8) is 0 Å². The van der Waals surface area contributed by atoms with Gasteiger partial charge in [-0.3, -0.25) is 9.78 Å². The second-order valence-electron chi connectivity index (χ2n) is 7.85. The lowest BCUT2D eigenvalue weighted by Gasteiger charge is -2.41. The number of rotatable bonds is 2. The van der Waals surface area contributed by atoms with E-state index in [4.69, 9.17) is 5.11 Å². The van der Waals surface area contributed by atoms with Gasteiger partial charge in [0.1, 0.15) is 5.69 Å². The van der Waals surface area contributed by atoms with E-state index in [-0.39, 0.29) is 16.6 Å². The second kappa shape index (κ2) is 6.77.